The molecule has 0 saturated heterocycles. The Morgan fingerprint density at radius 3 is 3.20 bits per heavy atom. The second kappa shape index (κ2) is 4.99. The molecule has 10 heavy (non-hydrogen) atoms. The van der Waals surface area contributed by atoms with E-state index in [9.17, 15) is 0 Å². The molecule has 3 heteroatoms. The third-order valence-corrected chi connectivity index (χ3v) is 3.36. The van der Waals surface area contributed by atoms with Gasteiger partial charge < -0.3 is 0 Å². The molecular formula is C7H7BrS2. The van der Waals surface area contributed by atoms with Crippen molar-refractivity contribution in [2.75, 3.05) is 5.75 Å². The molecule has 0 aliphatic heterocycles. The zero-order valence-corrected chi connectivity index (χ0v) is 8.51. The monoisotopic (exact) mass is 234 g/mol. The van der Waals surface area contributed by atoms with Crippen molar-refractivity contribution in [3.63, 3.8) is 0 Å². The van der Waals surface area contributed by atoms with Gasteiger partial charge in [-0.15, -0.1) is 23.1 Å². The second-order valence-electron chi connectivity index (χ2n) is 1.60. The first kappa shape index (κ1) is 8.37. The molecule has 0 N–H and O–H groups in total. The predicted octanol–water partition coefficient (Wildman–Crippen LogP) is 3.75. The molecule has 0 aromatic carbocycles. The normalized spacial score (nSPS) is 10.9. The average molecular weight is 235 g/mol. The van der Waals surface area contributed by atoms with Crippen LogP contribution >= 0.6 is 39.0 Å². The topological polar surface area (TPSA) is 0 Å². The quantitative estimate of drug-likeness (QED) is 0.719. The molecule has 1 aromatic heterocycles. The minimum atomic E-state index is 1.05. The Hall–Kier alpha value is 0.270. The van der Waals surface area contributed by atoms with Crippen LogP contribution in [0.25, 0.3) is 0 Å². The molecule has 0 nitrogen and oxygen atoms in total. The Morgan fingerprint density at radius 2 is 2.60 bits per heavy atom. The minimum absolute atomic E-state index is 1.05. The summed E-state index contributed by atoms with van der Waals surface area (Å²) in [5.74, 6) is 1.05. The first-order valence-corrected chi connectivity index (χ1v) is 5.63. The van der Waals surface area contributed by atoms with Crippen molar-refractivity contribution in [3.05, 3.63) is 28.6 Å². The standard InChI is InChI=1S/C7H7BrS2/c8-4-2-6-10-7-3-1-5-9-7/h1-5H,6H2/b4-2-. The summed E-state index contributed by atoms with van der Waals surface area (Å²) in [6.07, 6.45) is 2.09. The highest BCUT2D eigenvalue weighted by molar-refractivity contribution is 9.11. The van der Waals surface area contributed by atoms with Crippen LogP contribution in [0.4, 0.5) is 0 Å². The number of halogens is 1. The Morgan fingerprint density at radius 1 is 1.70 bits per heavy atom. The maximum atomic E-state index is 3.22. The Bertz CT molecular complexity index is 191. The van der Waals surface area contributed by atoms with Crippen LogP contribution in [0.15, 0.2) is 32.8 Å². The molecule has 0 amide bonds. The maximum Gasteiger partial charge on any atom is 0.0601 e. The van der Waals surface area contributed by atoms with Gasteiger partial charge in [-0.25, -0.2) is 0 Å². The fourth-order valence-corrected chi connectivity index (χ4v) is 2.57. The van der Waals surface area contributed by atoms with Crippen molar-refractivity contribution >= 4 is 39.0 Å². The van der Waals surface area contributed by atoms with Gasteiger partial charge in [-0.1, -0.05) is 28.1 Å². The first-order valence-electron chi connectivity index (χ1n) is 2.85. The van der Waals surface area contributed by atoms with Crippen LogP contribution in [0, 0.1) is 0 Å². The molecule has 0 spiro atoms. The summed E-state index contributed by atoms with van der Waals surface area (Å²) < 4.78 is 1.38. The largest absolute Gasteiger partial charge is 0.137 e. The van der Waals surface area contributed by atoms with Crippen LogP contribution in [0.1, 0.15) is 0 Å². The molecule has 1 heterocycles. The van der Waals surface area contributed by atoms with Gasteiger partial charge in [0, 0.05) is 5.75 Å². The van der Waals surface area contributed by atoms with E-state index in [-0.39, 0.29) is 0 Å². The van der Waals surface area contributed by atoms with Crippen LogP contribution in [-0.2, 0) is 0 Å². The lowest BCUT2D eigenvalue weighted by Gasteiger charge is -1.88. The van der Waals surface area contributed by atoms with Crippen LogP contribution in [0.5, 0.6) is 0 Å². The molecule has 0 unspecified atom stereocenters. The molecule has 0 aliphatic carbocycles. The Kier molecular flexibility index (Phi) is 4.18. The summed E-state index contributed by atoms with van der Waals surface area (Å²) >= 11 is 6.86. The zero-order valence-electron chi connectivity index (χ0n) is 5.29. The van der Waals surface area contributed by atoms with E-state index < -0.39 is 0 Å². The van der Waals surface area contributed by atoms with Crippen molar-refractivity contribution in [2.45, 2.75) is 4.21 Å². The molecule has 1 rings (SSSR count). The molecule has 0 atom stereocenters. The maximum absolute atomic E-state index is 3.22. The first-order chi connectivity index (χ1) is 4.93. The lowest BCUT2D eigenvalue weighted by molar-refractivity contribution is 1.70. The lowest BCUT2D eigenvalue weighted by atomic mass is 10.7. The second-order valence-corrected chi connectivity index (χ2v) is 4.40. The molecule has 0 bridgehead atoms. The smallest absolute Gasteiger partial charge is 0.0601 e. The van der Waals surface area contributed by atoms with E-state index in [0.29, 0.717) is 0 Å². The van der Waals surface area contributed by atoms with Crippen molar-refractivity contribution in [2.24, 2.45) is 0 Å². The van der Waals surface area contributed by atoms with E-state index in [1.807, 2.05) is 16.7 Å². The van der Waals surface area contributed by atoms with Crippen molar-refractivity contribution in [3.8, 4) is 0 Å². The van der Waals surface area contributed by atoms with Crippen LogP contribution in [0.2, 0.25) is 0 Å². The van der Waals surface area contributed by atoms with Gasteiger partial charge in [0.1, 0.15) is 0 Å². The van der Waals surface area contributed by atoms with Crippen molar-refractivity contribution in [1.29, 1.82) is 0 Å². The predicted molar refractivity (Wildman–Crippen MR) is 53.1 cm³/mol. The summed E-state index contributed by atoms with van der Waals surface area (Å²) in [7, 11) is 0. The van der Waals surface area contributed by atoms with E-state index in [4.69, 9.17) is 0 Å². The number of thioether (sulfide) groups is 1. The Labute approximate surface area is 77.5 Å². The molecule has 0 fully saturated rings. The number of hydrogen-bond donors (Lipinski definition) is 0. The third kappa shape index (κ3) is 2.90. The van der Waals surface area contributed by atoms with E-state index in [1.54, 1.807) is 11.3 Å². The summed E-state index contributed by atoms with van der Waals surface area (Å²) in [6.45, 7) is 0. The van der Waals surface area contributed by atoms with E-state index in [0.717, 1.165) is 5.75 Å². The highest BCUT2D eigenvalue weighted by Gasteiger charge is 1.89. The van der Waals surface area contributed by atoms with Gasteiger partial charge in [0.25, 0.3) is 0 Å². The summed E-state index contributed by atoms with van der Waals surface area (Å²) in [6, 6.07) is 4.21. The molecule has 0 radical (unpaired) electrons. The molecular weight excluding hydrogens is 228 g/mol. The van der Waals surface area contributed by atoms with Crippen LogP contribution < -0.4 is 0 Å². The van der Waals surface area contributed by atoms with E-state index in [2.05, 4.69) is 39.5 Å². The van der Waals surface area contributed by atoms with E-state index >= 15 is 0 Å². The summed E-state index contributed by atoms with van der Waals surface area (Å²) in [5, 5.41) is 2.10. The number of rotatable bonds is 3. The fourth-order valence-electron chi connectivity index (χ4n) is 0.512. The van der Waals surface area contributed by atoms with Gasteiger partial charge in [-0.05, 0) is 16.4 Å². The average Bonchev–Trinajstić information content (AvgIpc) is 2.41. The van der Waals surface area contributed by atoms with Crippen LogP contribution in [0.3, 0.4) is 0 Å². The van der Waals surface area contributed by atoms with Gasteiger partial charge in [0.2, 0.25) is 0 Å². The van der Waals surface area contributed by atoms with Gasteiger partial charge in [-0.3, -0.25) is 0 Å². The van der Waals surface area contributed by atoms with Crippen LogP contribution in [-0.4, -0.2) is 5.75 Å². The minimum Gasteiger partial charge on any atom is -0.137 e. The van der Waals surface area contributed by atoms with Crippen molar-refractivity contribution < 1.29 is 0 Å². The lowest BCUT2D eigenvalue weighted by Crippen LogP contribution is -1.64. The summed E-state index contributed by atoms with van der Waals surface area (Å²) in [5.41, 5.74) is 0. The number of hydrogen-bond acceptors (Lipinski definition) is 2. The molecule has 0 saturated carbocycles. The fraction of sp³-hybridized carbons (Fsp3) is 0.143. The molecule has 54 valence electrons. The van der Waals surface area contributed by atoms with Crippen molar-refractivity contribution in [1.82, 2.24) is 0 Å². The molecule has 1 aromatic rings. The number of thiophene rings is 1. The SMILES string of the molecule is Br/C=C\CSc1cccs1. The Balaban J connectivity index is 2.28. The molecule has 0 aliphatic rings. The highest BCUT2D eigenvalue weighted by Crippen LogP contribution is 2.23. The third-order valence-electron chi connectivity index (χ3n) is 0.906. The van der Waals surface area contributed by atoms with Gasteiger partial charge in [0.15, 0.2) is 0 Å². The summed E-state index contributed by atoms with van der Waals surface area (Å²) in [4.78, 5) is 1.90. The van der Waals surface area contributed by atoms with Gasteiger partial charge >= 0.3 is 0 Å². The highest BCUT2D eigenvalue weighted by atomic mass is 79.9. The van der Waals surface area contributed by atoms with Gasteiger partial charge in [0.05, 0.1) is 4.21 Å². The van der Waals surface area contributed by atoms with E-state index in [1.165, 1.54) is 4.21 Å². The zero-order chi connectivity index (χ0) is 7.23. The van der Waals surface area contributed by atoms with Gasteiger partial charge in [-0.2, -0.15) is 0 Å².